The fourth-order valence-corrected chi connectivity index (χ4v) is 1.32. The Balaban J connectivity index is 2.96. The highest BCUT2D eigenvalue weighted by Gasteiger charge is 2.15. The quantitative estimate of drug-likeness (QED) is 0.707. The molecule has 4 heteroatoms. The summed E-state index contributed by atoms with van der Waals surface area (Å²) in [5, 5.41) is 1.20. The van der Waals surface area contributed by atoms with Gasteiger partial charge in [-0.25, -0.2) is 5.06 Å². The van der Waals surface area contributed by atoms with Gasteiger partial charge in [-0.05, 0) is 18.6 Å². The number of hydrogen-bond acceptors (Lipinski definition) is 3. The van der Waals surface area contributed by atoms with Crippen molar-refractivity contribution in [3.8, 4) is 0 Å². The van der Waals surface area contributed by atoms with Crippen molar-refractivity contribution < 1.29 is 9.63 Å². The zero-order valence-corrected chi connectivity index (χ0v) is 9.36. The Morgan fingerprint density at radius 1 is 1.60 bits per heavy atom. The lowest BCUT2D eigenvalue weighted by Crippen LogP contribution is -2.26. The summed E-state index contributed by atoms with van der Waals surface area (Å²) in [4.78, 5) is 20.9. The highest BCUT2D eigenvalue weighted by Crippen LogP contribution is 2.10. The first-order valence-corrected chi connectivity index (χ1v) is 4.96. The maximum Gasteiger partial charge on any atom is 0.278 e. The van der Waals surface area contributed by atoms with Crippen molar-refractivity contribution in [1.29, 1.82) is 0 Å². The summed E-state index contributed by atoms with van der Waals surface area (Å²) in [5.41, 5.74) is 1.44. The molecular formula is C11H16N2O2. The van der Waals surface area contributed by atoms with Crippen LogP contribution < -0.4 is 0 Å². The zero-order chi connectivity index (χ0) is 11.3. The van der Waals surface area contributed by atoms with Gasteiger partial charge < -0.3 is 0 Å². The Hall–Kier alpha value is -1.42. The predicted octanol–water partition coefficient (Wildman–Crippen LogP) is 1.67. The van der Waals surface area contributed by atoms with Crippen molar-refractivity contribution in [2.75, 3.05) is 14.2 Å². The Kier molecular flexibility index (Phi) is 4.24. The third kappa shape index (κ3) is 2.76. The number of hydrogen-bond donors (Lipinski definition) is 0. The molecule has 0 spiro atoms. The Morgan fingerprint density at radius 2 is 2.33 bits per heavy atom. The van der Waals surface area contributed by atoms with E-state index in [1.807, 2.05) is 0 Å². The molecule has 4 nitrogen and oxygen atoms in total. The number of carbonyl (C=O) groups excluding carboxylic acids is 1. The molecule has 0 aliphatic carbocycles. The second-order valence-corrected chi connectivity index (χ2v) is 3.23. The summed E-state index contributed by atoms with van der Waals surface area (Å²) in [7, 11) is 3.05. The van der Waals surface area contributed by atoms with Gasteiger partial charge in [0, 0.05) is 13.2 Å². The maximum atomic E-state index is 11.8. The zero-order valence-electron chi connectivity index (χ0n) is 9.36. The lowest BCUT2D eigenvalue weighted by Gasteiger charge is -2.15. The number of amides is 1. The lowest BCUT2D eigenvalue weighted by molar-refractivity contribution is -0.0757. The molecule has 0 N–H and O–H groups in total. The van der Waals surface area contributed by atoms with Crippen molar-refractivity contribution in [2.45, 2.75) is 19.8 Å². The first-order chi connectivity index (χ1) is 7.20. The van der Waals surface area contributed by atoms with Crippen molar-refractivity contribution in [2.24, 2.45) is 0 Å². The summed E-state index contributed by atoms with van der Waals surface area (Å²) in [5.74, 6) is -0.158. The number of aromatic nitrogens is 1. The van der Waals surface area contributed by atoms with Crippen LogP contribution in [-0.2, 0) is 11.3 Å². The van der Waals surface area contributed by atoms with E-state index in [0.29, 0.717) is 5.56 Å². The highest BCUT2D eigenvalue weighted by molar-refractivity contribution is 5.94. The Labute approximate surface area is 89.8 Å². The standard InChI is InChI=1S/C11H16N2O2/c1-4-6-10-9(7-5-8-12-10)11(14)13(2)15-3/h5,7-8H,4,6H2,1-3H3. The third-order valence-corrected chi connectivity index (χ3v) is 2.17. The van der Waals surface area contributed by atoms with Gasteiger partial charge in [0.25, 0.3) is 5.91 Å². The van der Waals surface area contributed by atoms with E-state index in [1.54, 1.807) is 25.4 Å². The monoisotopic (exact) mass is 208 g/mol. The highest BCUT2D eigenvalue weighted by atomic mass is 16.7. The van der Waals surface area contributed by atoms with Gasteiger partial charge in [0.1, 0.15) is 0 Å². The molecule has 1 aromatic heterocycles. The molecule has 82 valence electrons. The summed E-state index contributed by atoms with van der Waals surface area (Å²) < 4.78 is 0. The smallest absolute Gasteiger partial charge is 0.274 e. The van der Waals surface area contributed by atoms with Crippen molar-refractivity contribution in [3.05, 3.63) is 29.6 Å². The average molecular weight is 208 g/mol. The predicted molar refractivity (Wildman–Crippen MR) is 57.3 cm³/mol. The van der Waals surface area contributed by atoms with Gasteiger partial charge in [0.2, 0.25) is 0 Å². The van der Waals surface area contributed by atoms with E-state index in [2.05, 4.69) is 11.9 Å². The lowest BCUT2D eigenvalue weighted by atomic mass is 10.1. The van der Waals surface area contributed by atoms with Gasteiger partial charge in [0.15, 0.2) is 0 Å². The molecule has 0 unspecified atom stereocenters. The largest absolute Gasteiger partial charge is 0.278 e. The molecule has 0 saturated carbocycles. The second-order valence-electron chi connectivity index (χ2n) is 3.23. The van der Waals surface area contributed by atoms with Crippen LogP contribution in [0.2, 0.25) is 0 Å². The van der Waals surface area contributed by atoms with Crippen LogP contribution in [0.5, 0.6) is 0 Å². The number of hydroxylamine groups is 2. The molecule has 0 bridgehead atoms. The molecule has 0 aliphatic heterocycles. The minimum Gasteiger partial charge on any atom is -0.274 e. The normalized spacial score (nSPS) is 10.1. The molecule has 0 saturated heterocycles. The Morgan fingerprint density at radius 3 is 2.93 bits per heavy atom. The fraction of sp³-hybridized carbons (Fsp3) is 0.455. The number of nitrogens with zero attached hydrogens (tertiary/aromatic N) is 2. The summed E-state index contributed by atoms with van der Waals surface area (Å²) in [6.45, 7) is 2.06. The van der Waals surface area contributed by atoms with E-state index in [-0.39, 0.29) is 5.91 Å². The molecule has 1 rings (SSSR count). The van der Waals surface area contributed by atoms with Gasteiger partial charge in [-0.1, -0.05) is 13.3 Å². The second kappa shape index (κ2) is 5.46. The molecule has 1 aromatic rings. The van der Waals surface area contributed by atoms with E-state index in [0.717, 1.165) is 18.5 Å². The van der Waals surface area contributed by atoms with Crippen LogP contribution in [0.1, 0.15) is 29.4 Å². The summed E-state index contributed by atoms with van der Waals surface area (Å²) in [6.07, 6.45) is 3.47. The van der Waals surface area contributed by atoms with E-state index in [1.165, 1.54) is 12.2 Å². The van der Waals surface area contributed by atoms with Gasteiger partial charge in [-0.15, -0.1) is 0 Å². The average Bonchev–Trinajstić information content (AvgIpc) is 2.28. The van der Waals surface area contributed by atoms with Crippen molar-refractivity contribution in [3.63, 3.8) is 0 Å². The SMILES string of the molecule is CCCc1ncccc1C(=O)N(C)OC. The van der Waals surface area contributed by atoms with Gasteiger partial charge >= 0.3 is 0 Å². The molecule has 1 amide bonds. The van der Waals surface area contributed by atoms with E-state index in [4.69, 9.17) is 4.84 Å². The molecular weight excluding hydrogens is 192 g/mol. The van der Waals surface area contributed by atoms with Crippen molar-refractivity contribution >= 4 is 5.91 Å². The first kappa shape index (κ1) is 11.7. The molecule has 0 fully saturated rings. The summed E-state index contributed by atoms with van der Waals surface area (Å²) in [6, 6.07) is 3.53. The number of aryl methyl sites for hydroxylation is 1. The molecule has 15 heavy (non-hydrogen) atoms. The molecule has 0 aliphatic rings. The van der Waals surface area contributed by atoms with Crippen LogP contribution in [-0.4, -0.2) is 30.1 Å². The van der Waals surface area contributed by atoms with Gasteiger partial charge in [0.05, 0.1) is 18.4 Å². The Bertz CT molecular complexity index is 339. The minimum absolute atomic E-state index is 0.158. The van der Waals surface area contributed by atoms with Gasteiger partial charge in [-0.3, -0.25) is 14.6 Å². The van der Waals surface area contributed by atoms with Crippen molar-refractivity contribution in [1.82, 2.24) is 10.0 Å². The van der Waals surface area contributed by atoms with Crippen LogP contribution in [0.3, 0.4) is 0 Å². The van der Waals surface area contributed by atoms with Crippen LogP contribution in [0.4, 0.5) is 0 Å². The van der Waals surface area contributed by atoms with Crippen LogP contribution in [0.15, 0.2) is 18.3 Å². The van der Waals surface area contributed by atoms with E-state index in [9.17, 15) is 4.79 Å². The topological polar surface area (TPSA) is 42.4 Å². The maximum absolute atomic E-state index is 11.8. The van der Waals surface area contributed by atoms with Crippen LogP contribution in [0, 0.1) is 0 Å². The van der Waals surface area contributed by atoms with E-state index >= 15 is 0 Å². The van der Waals surface area contributed by atoms with E-state index < -0.39 is 0 Å². The summed E-state index contributed by atoms with van der Waals surface area (Å²) >= 11 is 0. The fourth-order valence-electron chi connectivity index (χ4n) is 1.32. The molecule has 0 atom stereocenters. The first-order valence-electron chi connectivity index (χ1n) is 4.96. The van der Waals surface area contributed by atoms with Gasteiger partial charge in [-0.2, -0.15) is 0 Å². The third-order valence-electron chi connectivity index (χ3n) is 2.17. The molecule has 0 aromatic carbocycles. The number of pyridine rings is 1. The molecule has 1 heterocycles. The minimum atomic E-state index is -0.158. The van der Waals surface area contributed by atoms with Crippen LogP contribution >= 0.6 is 0 Å². The molecule has 0 radical (unpaired) electrons. The number of rotatable bonds is 4. The number of carbonyl (C=O) groups is 1. The van der Waals surface area contributed by atoms with Crippen LogP contribution in [0.25, 0.3) is 0 Å².